The zero-order valence-electron chi connectivity index (χ0n) is 49.6. The fraction of sp³-hybridized carbons (Fsp3) is 0.508. The fourth-order valence-electron chi connectivity index (χ4n) is 10.1. The van der Waals surface area contributed by atoms with Crippen LogP contribution in [0.25, 0.3) is 22.3 Å². The quantitative estimate of drug-likeness (QED) is 0.0234. The minimum absolute atomic E-state index is 0.000852. The Hall–Kier alpha value is -8.69. The zero-order valence-corrected chi connectivity index (χ0v) is 49.6. The van der Waals surface area contributed by atoms with Gasteiger partial charge in [0.2, 0.25) is 29.5 Å². The van der Waals surface area contributed by atoms with Gasteiger partial charge in [0.25, 0.3) is 29.2 Å². The predicted octanol–water partition coefficient (Wildman–Crippen LogP) is 0.722. The van der Waals surface area contributed by atoms with Crippen LogP contribution in [-0.4, -0.2) is 171 Å². The average molecular weight is 1190 g/mol. The highest BCUT2D eigenvalue weighted by Gasteiger charge is 2.46. The number of benzene rings is 1. The van der Waals surface area contributed by atoms with E-state index in [0.29, 0.717) is 46.4 Å². The lowest BCUT2D eigenvalue weighted by Gasteiger charge is -2.33. The van der Waals surface area contributed by atoms with Crippen molar-refractivity contribution in [3.05, 3.63) is 81.2 Å². The van der Waals surface area contributed by atoms with E-state index >= 15 is 0 Å². The number of pyridine rings is 2. The van der Waals surface area contributed by atoms with Crippen LogP contribution in [0.2, 0.25) is 0 Å². The third-order valence-corrected chi connectivity index (χ3v) is 14.7. The number of nitrogens with zero attached hydrogens (tertiary/aromatic N) is 5. The molecule has 0 fully saturated rings. The largest absolute Gasteiger partial charge is 0.458 e. The highest BCUT2D eigenvalue weighted by Crippen LogP contribution is 2.40. The number of amides is 10. The molecule has 3 atom stereocenters. The fourth-order valence-corrected chi connectivity index (χ4v) is 10.1. The van der Waals surface area contributed by atoms with Crippen molar-refractivity contribution in [1.29, 1.82) is 0 Å². The number of esters is 1. The number of hydrogen-bond acceptors (Lipinski definition) is 18. The Morgan fingerprint density at radius 3 is 1.92 bits per heavy atom. The van der Waals surface area contributed by atoms with Crippen LogP contribution in [0.3, 0.4) is 0 Å². The molecule has 7 rings (SSSR count). The molecular weight excluding hydrogens is 1120 g/mol. The molecule has 10 amide bonds. The molecule has 0 spiro atoms. The van der Waals surface area contributed by atoms with E-state index in [4.69, 9.17) is 19.2 Å². The number of aliphatic hydroxyl groups is 1. The second-order valence-electron chi connectivity index (χ2n) is 23.2. The molecule has 0 radical (unpaired) electrons. The van der Waals surface area contributed by atoms with Gasteiger partial charge in [-0.1, -0.05) is 6.92 Å². The number of aromatic nitrogens is 2. The Balaban J connectivity index is 0.956. The van der Waals surface area contributed by atoms with Gasteiger partial charge in [-0.25, -0.2) is 14.6 Å². The van der Waals surface area contributed by atoms with Crippen molar-refractivity contribution < 1.29 is 72.1 Å². The van der Waals surface area contributed by atoms with Gasteiger partial charge in [-0.05, 0) is 105 Å². The first-order valence-corrected chi connectivity index (χ1v) is 28.5. The number of rotatable bonds is 28. The number of nitrogens with one attached hydrogen (secondary N) is 6. The third kappa shape index (κ3) is 16.0. The molecule has 3 aromatic rings. The van der Waals surface area contributed by atoms with Gasteiger partial charge in [0.1, 0.15) is 24.4 Å². The van der Waals surface area contributed by atoms with Crippen molar-refractivity contribution in [1.82, 2.24) is 56.2 Å². The number of hydrogen-bond donors (Lipinski definition) is 7. The monoisotopic (exact) mass is 1190 g/mol. The first-order valence-electron chi connectivity index (χ1n) is 28.5. The van der Waals surface area contributed by atoms with E-state index in [2.05, 4.69) is 31.9 Å². The number of cyclic esters (lactones) is 1. The molecule has 2 aromatic heterocycles. The molecule has 0 saturated carbocycles. The van der Waals surface area contributed by atoms with E-state index in [1.54, 1.807) is 39.0 Å². The molecule has 27 heteroatoms. The molecule has 6 heterocycles. The van der Waals surface area contributed by atoms with Crippen LogP contribution in [0.15, 0.2) is 53.4 Å². The summed E-state index contributed by atoms with van der Waals surface area (Å²) in [5.41, 5.74) is -0.642. The minimum Gasteiger partial charge on any atom is -0.458 e. The molecule has 0 unspecified atom stereocenters. The number of imide groups is 2. The van der Waals surface area contributed by atoms with E-state index < -0.39 is 99.6 Å². The van der Waals surface area contributed by atoms with Gasteiger partial charge in [-0.2, -0.15) is 0 Å². The third-order valence-electron chi connectivity index (χ3n) is 14.7. The average Bonchev–Trinajstić information content (AvgIpc) is 1.49. The molecule has 0 aliphatic carbocycles. The first kappa shape index (κ1) is 64.9. The van der Waals surface area contributed by atoms with Crippen molar-refractivity contribution in [3.63, 3.8) is 0 Å². The molecule has 462 valence electrons. The Bertz CT molecular complexity index is 3310. The highest BCUT2D eigenvalue weighted by molar-refractivity contribution is 6.13. The molecule has 0 saturated heterocycles. The summed E-state index contributed by atoms with van der Waals surface area (Å²) in [6.45, 7) is 10.6. The summed E-state index contributed by atoms with van der Waals surface area (Å²) < 4.78 is 18.4. The molecule has 4 aliphatic rings. The van der Waals surface area contributed by atoms with Gasteiger partial charge in [0, 0.05) is 117 Å². The summed E-state index contributed by atoms with van der Waals surface area (Å²) >= 11 is 0. The van der Waals surface area contributed by atoms with Gasteiger partial charge >= 0.3 is 12.1 Å². The summed E-state index contributed by atoms with van der Waals surface area (Å²) in [5, 5.41) is 27.8. The minimum atomic E-state index is -1.98. The predicted molar refractivity (Wildman–Crippen MR) is 308 cm³/mol. The van der Waals surface area contributed by atoms with Crippen LogP contribution in [0.1, 0.15) is 115 Å². The van der Waals surface area contributed by atoms with E-state index in [0.717, 1.165) is 34.1 Å². The molecule has 1 aromatic carbocycles. The number of ether oxygens (including phenoxy) is 3. The standard InChI is InChI=1S/C59H75N11O16/c1-9-59(83)38-30-40-49-34(31-70(40)54(80)37(38)33-84-55(59)81)29-35-36(32-67(7)8)41(17-16-39(35)63-49)86-56(82)62-25-24-60-42(71)13-10-23-61-52(78)50(64-43(72)14-11-26-68-45(74)18-19-46(68)75)51(53(79)66-58(5,6)22-28-85-57(2,3)4)65-44(73)15-12-27-69-47(76)20-21-48(69)77/h16-21,29-30,50-51,83H,9-15,22-28,31-33H2,1-8H3,(H,60,71)(H,61,78)(H,62,82)(H,64,72)(H,65,73)(H,66,79)/t50-,51-,59-/m0/s1. The second kappa shape index (κ2) is 27.6. The van der Waals surface area contributed by atoms with Crippen LogP contribution >= 0.6 is 0 Å². The van der Waals surface area contributed by atoms with Gasteiger partial charge in [-0.3, -0.25) is 57.7 Å². The molecular formula is C59H75N11O16. The highest BCUT2D eigenvalue weighted by atomic mass is 16.6. The second-order valence-corrected chi connectivity index (χ2v) is 23.2. The Morgan fingerprint density at radius 1 is 0.756 bits per heavy atom. The van der Waals surface area contributed by atoms with Crippen LogP contribution in [0.5, 0.6) is 5.75 Å². The number of carbonyl (C=O) groups excluding carboxylic acids is 11. The van der Waals surface area contributed by atoms with Crippen LogP contribution in [0.4, 0.5) is 4.79 Å². The lowest BCUT2D eigenvalue weighted by molar-refractivity contribution is -0.172. The summed E-state index contributed by atoms with van der Waals surface area (Å²) in [5.74, 6) is -6.53. The summed E-state index contributed by atoms with van der Waals surface area (Å²) in [4.78, 5) is 166. The molecule has 7 N–H and O–H groups in total. The van der Waals surface area contributed by atoms with Crippen molar-refractivity contribution in [2.75, 3.05) is 53.4 Å². The van der Waals surface area contributed by atoms with Gasteiger partial charge in [0.05, 0.1) is 34.6 Å². The normalized spacial score (nSPS) is 16.8. The Kier molecular flexibility index (Phi) is 20.8. The number of carbonyl (C=O) groups is 11. The van der Waals surface area contributed by atoms with Crippen LogP contribution < -0.4 is 42.2 Å². The lowest BCUT2D eigenvalue weighted by Crippen LogP contribution is -2.65. The van der Waals surface area contributed by atoms with Crippen molar-refractivity contribution in [2.45, 2.75) is 141 Å². The van der Waals surface area contributed by atoms with Gasteiger partial charge in [0.15, 0.2) is 5.60 Å². The van der Waals surface area contributed by atoms with Crippen LogP contribution in [0, 0.1) is 0 Å². The smallest absolute Gasteiger partial charge is 0.412 e. The van der Waals surface area contributed by atoms with Gasteiger partial charge < -0.3 is 60.7 Å². The molecule has 0 bridgehead atoms. The lowest BCUT2D eigenvalue weighted by atomic mass is 9.86. The van der Waals surface area contributed by atoms with Crippen molar-refractivity contribution >= 4 is 76.1 Å². The van der Waals surface area contributed by atoms with Crippen molar-refractivity contribution in [3.8, 4) is 17.1 Å². The first-order chi connectivity index (χ1) is 40.6. The van der Waals surface area contributed by atoms with E-state index in [9.17, 15) is 62.6 Å². The summed E-state index contributed by atoms with van der Waals surface area (Å²) in [6, 6.07) is 3.29. The Labute approximate surface area is 495 Å². The molecule has 4 aliphatic heterocycles. The topological polar surface area (TPSA) is 352 Å². The number of fused-ring (bicyclic) bond motifs is 5. The van der Waals surface area contributed by atoms with Crippen molar-refractivity contribution in [2.24, 2.45) is 0 Å². The SMILES string of the molecule is CC[C@@]1(O)C(=O)OCc2c1cc1n(c2=O)Cc2cc3c(CN(C)C)c(OC(=O)NCCNC(=O)CCCNC(=O)[C@@H](NC(=O)CCCN4C(=O)C=CC4=O)[C@H](NC(=O)CCCN4C(=O)C=CC4=O)C(=O)NC(C)(C)CCOC(C)(C)C)ccc3nc2-1. The van der Waals surface area contributed by atoms with E-state index in [1.165, 1.54) is 4.57 Å². The zero-order chi connectivity index (χ0) is 62.8. The van der Waals surface area contributed by atoms with Crippen LogP contribution in [-0.2, 0) is 82.7 Å². The summed E-state index contributed by atoms with van der Waals surface area (Å²) in [6.07, 6.45) is 3.20. The van der Waals surface area contributed by atoms with Gasteiger partial charge in [-0.15, -0.1) is 0 Å². The Morgan fingerprint density at radius 2 is 1.34 bits per heavy atom. The maximum atomic E-state index is 14.3. The summed E-state index contributed by atoms with van der Waals surface area (Å²) in [7, 11) is 3.68. The maximum Gasteiger partial charge on any atom is 0.412 e. The van der Waals surface area contributed by atoms with E-state index in [1.807, 2.05) is 45.8 Å². The molecule has 86 heavy (non-hydrogen) atoms. The maximum absolute atomic E-state index is 14.3. The molecule has 27 nitrogen and oxygen atoms in total. The van der Waals surface area contributed by atoms with E-state index in [-0.39, 0.29) is 114 Å².